The monoisotopic (exact) mass is 333 g/mol. The summed E-state index contributed by atoms with van der Waals surface area (Å²) in [5.74, 6) is -0.993. The van der Waals surface area contributed by atoms with Crippen molar-refractivity contribution < 1.29 is 19.4 Å². The van der Waals surface area contributed by atoms with Gasteiger partial charge in [0.25, 0.3) is 0 Å². The van der Waals surface area contributed by atoms with Crippen LogP contribution in [0.1, 0.15) is 44.6 Å². The molecule has 0 spiro atoms. The molecule has 24 heavy (non-hydrogen) atoms. The van der Waals surface area contributed by atoms with Gasteiger partial charge in [0.05, 0.1) is 6.61 Å². The van der Waals surface area contributed by atoms with E-state index >= 15 is 0 Å². The van der Waals surface area contributed by atoms with Crippen molar-refractivity contribution >= 4 is 11.9 Å². The van der Waals surface area contributed by atoms with Crippen LogP contribution in [0.15, 0.2) is 30.3 Å². The lowest BCUT2D eigenvalue weighted by Crippen LogP contribution is -2.48. The van der Waals surface area contributed by atoms with Gasteiger partial charge in [-0.05, 0) is 30.2 Å². The molecule has 1 saturated heterocycles. The first-order valence-electron chi connectivity index (χ1n) is 8.64. The molecular weight excluding hydrogens is 306 g/mol. The number of carbonyl (C=O) groups excluding carboxylic acids is 1. The number of nitrogens with one attached hydrogen (secondary N) is 1. The maximum atomic E-state index is 12.5. The Bertz CT molecular complexity index is 538. The fourth-order valence-corrected chi connectivity index (χ4v) is 3.28. The molecule has 1 heterocycles. The van der Waals surface area contributed by atoms with Crippen molar-refractivity contribution in [1.29, 1.82) is 0 Å². The van der Waals surface area contributed by atoms with E-state index in [4.69, 9.17) is 4.74 Å². The molecule has 1 aromatic rings. The van der Waals surface area contributed by atoms with Crippen LogP contribution in [-0.4, -0.2) is 36.2 Å². The zero-order chi connectivity index (χ0) is 17.5. The molecule has 3 atom stereocenters. The molecule has 3 unspecified atom stereocenters. The second-order valence-corrected chi connectivity index (χ2v) is 6.83. The summed E-state index contributed by atoms with van der Waals surface area (Å²) in [6.45, 7) is 5.22. The largest absolute Gasteiger partial charge is 0.480 e. The smallest absolute Gasteiger partial charge is 0.326 e. The molecule has 2 N–H and O–H groups in total. The third-order valence-corrected chi connectivity index (χ3v) is 4.69. The Morgan fingerprint density at radius 3 is 2.54 bits per heavy atom. The van der Waals surface area contributed by atoms with Crippen LogP contribution in [-0.2, 0) is 14.3 Å². The minimum Gasteiger partial charge on any atom is -0.480 e. The van der Waals surface area contributed by atoms with Gasteiger partial charge >= 0.3 is 5.97 Å². The number of carboxylic acids is 1. The molecule has 1 amide bonds. The number of aliphatic carboxylic acids is 1. The van der Waals surface area contributed by atoms with Crippen molar-refractivity contribution in [3.05, 3.63) is 35.9 Å². The van der Waals surface area contributed by atoms with Crippen LogP contribution in [0.4, 0.5) is 0 Å². The second kappa shape index (κ2) is 8.83. The zero-order valence-corrected chi connectivity index (χ0v) is 14.4. The lowest BCUT2D eigenvalue weighted by molar-refractivity contribution is -0.145. The van der Waals surface area contributed by atoms with E-state index in [2.05, 4.69) is 19.2 Å². The Kier molecular flexibility index (Phi) is 6.79. The summed E-state index contributed by atoms with van der Waals surface area (Å²) in [6.07, 6.45) is 1.89. The Morgan fingerprint density at radius 1 is 1.29 bits per heavy atom. The molecule has 132 valence electrons. The summed E-state index contributed by atoms with van der Waals surface area (Å²) >= 11 is 0. The van der Waals surface area contributed by atoms with E-state index in [1.807, 2.05) is 30.3 Å². The van der Waals surface area contributed by atoms with Crippen molar-refractivity contribution in [2.75, 3.05) is 13.2 Å². The molecule has 1 aromatic carbocycles. The molecule has 1 aliphatic rings. The summed E-state index contributed by atoms with van der Waals surface area (Å²) in [4.78, 5) is 24.0. The molecule has 5 heteroatoms. The van der Waals surface area contributed by atoms with E-state index in [1.165, 1.54) is 0 Å². The maximum absolute atomic E-state index is 12.5. The average molecular weight is 333 g/mol. The topological polar surface area (TPSA) is 75.6 Å². The van der Waals surface area contributed by atoms with E-state index in [0.717, 1.165) is 18.4 Å². The molecule has 0 bridgehead atoms. The number of benzene rings is 1. The number of carboxylic acid groups (broad SMARTS) is 1. The van der Waals surface area contributed by atoms with Crippen LogP contribution >= 0.6 is 0 Å². The summed E-state index contributed by atoms with van der Waals surface area (Å²) in [5, 5.41) is 12.2. The molecule has 1 fully saturated rings. The highest BCUT2D eigenvalue weighted by Crippen LogP contribution is 2.28. The van der Waals surface area contributed by atoms with Gasteiger partial charge in [-0.2, -0.15) is 0 Å². The summed E-state index contributed by atoms with van der Waals surface area (Å²) < 4.78 is 5.37. The zero-order valence-electron chi connectivity index (χ0n) is 14.4. The fourth-order valence-electron chi connectivity index (χ4n) is 3.28. The van der Waals surface area contributed by atoms with Gasteiger partial charge in [0, 0.05) is 18.9 Å². The van der Waals surface area contributed by atoms with E-state index < -0.39 is 12.0 Å². The van der Waals surface area contributed by atoms with Crippen molar-refractivity contribution in [3.63, 3.8) is 0 Å². The molecule has 0 saturated carbocycles. The van der Waals surface area contributed by atoms with Gasteiger partial charge < -0.3 is 15.2 Å². The third kappa shape index (κ3) is 5.06. The van der Waals surface area contributed by atoms with E-state index in [-0.39, 0.29) is 17.7 Å². The molecule has 2 rings (SSSR count). The van der Waals surface area contributed by atoms with Gasteiger partial charge in [-0.3, -0.25) is 4.79 Å². The lowest BCUT2D eigenvalue weighted by atomic mass is 9.85. The summed E-state index contributed by atoms with van der Waals surface area (Å²) in [6, 6.07) is 9.03. The fraction of sp³-hybridized carbons (Fsp3) is 0.579. The summed E-state index contributed by atoms with van der Waals surface area (Å²) in [7, 11) is 0. The van der Waals surface area contributed by atoms with Crippen molar-refractivity contribution in [3.8, 4) is 0 Å². The van der Waals surface area contributed by atoms with E-state index in [9.17, 15) is 14.7 Å². The van der Waals surface area contributed by atoms with Crippen LogP contribution < -0.4 is 5.32 Å². The molecule has 5 nitrogen and oxygen atoms in total. The Morgan fingerprint density at radius 2 is 2.00 bits per heavy atom. The standard InChI is InChI=1S/C19H27NO4/c1-13(2)16(14-7-4-3-5-8-14)11-17(21)20-18(19(22)23)15-9-6-10-24-12-15/h3-5,7-8,13,15-16,18H,6,9-12H2,1-2H3,(H,20,21)(H,22,23). The van der Waals surface area contributed by atoms with Crippen LogP contribution in [0, 0.1) is 11.8 Å². The van der Waals surface area contributed by atoms with Gasteiger partial charge in [-0.25, -0.2) is 4.79 Å². The van der Waals surface area contributed by atoms with Crippen LogP contribution in [0.2, 0.25) is 0 Å². The van der Waals surface area contributed by atoms with E-state index in [1.54, 1.807) is 0 Å². The molecule has 0 radical (unpaired) electrons. The first-order chi connectivity index (χ1) is 11.5. The predicted octanol–water partition coefficient (Wildman–Crippen LogP) is 2.81. The number of hydrogen-bond acceptors (Lipinski definition) is 3. The SMILES string of the molecule is CC(C)C(CC(=O)NC(C(=O)O)C1CCCOC1)c1ccccc1. The highest BCUT2D eigenvalue weighted by atomic mass is 16.5. The van der Waals surface area contributed by atoms with Gasteiger partial charge in [0.2, 0.25) is 5.91 Å². The highest BCUT2D eigenvalue weighted by Gasteiger charge is 2.32. The van der Waals surface area contributed by atoms with Crippen molar-refractivity contribution in [2.24, 2.45) is 11.8 Å². The third-order valence-electron chi connectivity index (χ3n) is 4.69. The molecule has 0 aromatic heterocycles. The quantitative estimate of drug-likeness (QED) is 0.804. The molecule has 1 aliphatic heterocycles. The highest BCUT2D eigenvalue weighted by molar-refractivity contribution is 5.84. The minimum atomic E-state index is -0.986. The first kappa shape index (κ1) is 18.5. The van der Waals surface area contributed by atoms with Crippen LogP contribution in [0.25, 0.3) is 0 Å². The Hall–Kier alpha value is -1.88. The van der Waals surface area contributed by atoms with Crippen LogP contribution in [0.5, 0.6) is 0 Å². The maximum Gasteiger partial charge on any atom is 0.326 e. The average Bonchev–Trinajstić information content (AvgIpc) is 2.58. The normalized spacial score (nSPS) is 20.4. The molecular formula is C19H27NO4. The number of ether oxygens (including phenoxy) is 1. The van der Waals surface area contributed by atoms with Crippen molar-refractivity contribution in [2.45, 2.75) is 45.1 Å². The van der Waals surface area contributed by atoms with Crippen LogP contribution in [0.3, 0.4) is 0 Å². The number of rotatable bonds is 7. The van der Waals surface area contributed by atoms with Gasteiger partial charge in [0.15, 0.2) is 0 Å². The minimum absolute atomic E-state index is 0.0725. The number of amides is 1. The second-order valence-electron chi connectivity index (χ2n) is 6.83. The number of hydrogen-bond donors (Lipinski definition) is 2. The van der Waals surface area contributed by atoms with Gasteiger partial charge in [-0.1, -0.05) is 44.2 Å². The molecule has 0 aliphatic carbocycles. The number of carbonyl (C=O) groups is 2. The first-order valence-corrected chi connectivity index (χ1v) is 8.64. The van der Waals surface area contributed by atoms with Gasteiger partial charge in [0.1, 0.15) is 6.04 Å². The van der Waals surface area contributed by atoms with Gasteiger partial charge in [-0.15, -0.1) is 0 Å². The Balaban J connectivity index is 2.02. The summed E-state index contributed by atoms with van der Waals surface area (Å²) in [5.41, 5.74) is 1.11. The predicted molar refractivity (Wildman–Crippen MR) is 91.7 cm³/mol. The lowest BCUT2D eigenvalue weighted by Gasteiger charge is -2.29. The van der Waals surface area contributed by atoms with Crippen molar-refractivity contribution in [1.82, 2.24) is 5.32 Å². The van der Waals surface area contributed by atoms with E-state index in [0.29, 0.717) is 25.6 Å². The Labute approximate surface area is 143 Å².